The van der Waals surface area contributed by atoms with Crippen molar-refractivity contribution >= 4 is 11.1 Å². The molecule has 0 saturated heterocycles. The van der Waals surface area contributed by atoms with E-state index in [0.29, 0.717) is 18.4 Å². The van der Waals surface area contributed by atoms with E-state index in [9.17, 15) is 9.59 Å². The van der Waals surface area contributed by atoms with Gasteiger partial charge in [0.1, 0.15) is 5.39 Å². The fourth-order valence-electron chi connectivity index (χ4n) is 1.78. The number of nitrogens with zero attached hydrogens (tertiary/aromatic N) is 1. The van der Waals surface area contributed by atoms with Gasteiger partial charge in [0, 0.05) is 12.5 Å². The monoisotopic (exact) mass is 290 g/mol. The predicted octanol–water partition coefficient (Wildman–Crippen LogP) is 0.203. The molecule has 21 heavy (non-hydrogen) atoms. The first-order valence-corrected chi connectivity index (χ1v) is 6.42. The lowest BCUT2D eigenvalue weighted by Gasteiger charge is -2.04. The number of H-pyrrole nitrogens is 1. The van der Waals surface area contributed by atoms with E-state index in [4.69, 9.17) is 14.3 Å². The lowest BCUT2D eigenvalue weighted by molar-refractivity contribution is 0.304. The zero-order valence-electron chi connectivity index (χ0n) is 11.4. The van der Waals surface area contributed by atoms with Crippen LogP contribution in [-0.2, 0) is 6.42 Å². The molecule has 0 spiro atoms. The fourth-order valence-corrected chi connectivity index (χ4v) is 1.78. The number of aromatic nitrogens is 2. The lowest BCUT2D eigenvalue weighted by atomic mass is 10.1. The molecule has 7 heteroatoms. The Kier molecular flexibility index (Phi) is 4.74. The summed E-state index contributed by atoms with van der Waals surface area (Å²) in [6, 6.07) is 1.21. The van der Waals surface area contributed by atoms with Crippen LogP contribution in [0.3, 0.4) is 0 Å². The molecule has 0 aliphatic rings. The molecule has 7 nitrogen and oxygen atoms in total. The van der Waals surface area contributed by atoms with Gasteiger partial charge in [-0.15, -0.1) is 0 Å². The Labute approximate surface area is 119 Å². The first kappa shape index (κ1) is 14.8. The third-order valence-electron chi connectivity index (χ3n) is 2.70. The highest BCUT2D eigenvalue weighted by atomic mass is 16.5. The van der Waals surface area contributed by atoms with Gasteiger partial charge in [-0.2, -0.15) is 4.98 Å². The minimum atomic E-state index is -0.564. The molecule has 0 radical (unpaired) electrons. The van der Waals surface area contributed by atoms with Crippen molar-refractivity contribution in [2.75, 3.05) is 13.2 Å². The van der Waals surface area contributed by atoms with Gasteiger partial charge in [0.15, 0.2) is 6.61 Å². The SMILES string of the molecule is CCc1cc(=O)oc2nc(OCC#CCCO)[nH]c(=O)c12. The molecule has 0 fully saturated rings. The van der Waals surface area contributed by atoms with Crippen molar-refractivity contribution in [1.82, 2.24) is 9.97 Å². The smallest absolute Gasteiger partial charge is 0.337 e. The first-order valence-electron chi connectivity index (χ1n) is 6.42. The van der Waals surface area contributed by atoms with Crippen LogP contribution in [0.1, 0.15) is 18.9 Å². The van der Waals surface area contributed by atoms with Crippen molar-refractivity contribution in [1.29, 1.82) is 0 Å². The highest BCUT2D eigenvalue weighted by Crippen LogP contribution is 2.13. The highest BCUT2D eigenvalue weighted by molar-refractivity contribution is 5.75. The van der Waals surface area contributed by atoms with Crippen LogP contribution in [0.5, 0.6) is 6.01 Å². The van der Waals surface area contributed by atoms with Gasteiger partial charge in [-0.05, 0) is 12.0 Å². The van der Waals surface area contributed by atoms with E-state index in [1.165, 1.54) is 6.07 Å². The number of hydrogen-bond acceptors (Lipinski definition) is 6. The maximum absolute atomic E-state index is 12.0. The third kappa shape index (κ3) is 3.49. The molecule has 2 N–H and O–H groups in total. The summed E-state index contributed by atoms with van der Waals surface area (Å²) in [7, 11) is 0. The number of hydrogen-bond donors (Lipinski definition) is 2. The predicted molar refractivity (Wildman–Crippen MR) is 75.3 cm³/mol. The van der Waals surface area contributed by atoms with E-state index in [2.05, 4.69) is 21.8 Å². The van der Waals surface area contributed by atoms with Crippen LogP contribution in [0.15, 0.2) is 20.1 Å². The Morgan fingerprint density at radius 2 is 2.24 bits per heavy atom. The lowest BCUT2D eigenvalue weighted by Crippen LogP contribution is -2.15. The molecule has 0 bridgehead atoms. The Morgan fingerprint density at radius 3 is 2.95 bits per heavy atom. The summed E-state index contributed by atoms with van der Waals surface area (Å²) < 4.78 is 10.1. The van der Waals surface area contributed by atoms with Crippen LogP contribution in [0, 0.1) is 11.8 Å². The molecule has 2 aromatic heterocycles. The van der Waals surface area contributed by atoms with Crippen LogP contribution in [0.25, 0.3) is 11.1 Å². The van der Waals surface area contributed by atoms with Gasteiger partial charge in [-0.3, -0.25) is 9.78 Å². The zero-order chi connectivity index (χ0) is 15.2. The van der Waals surface area contributed by atoms with E-state index >= 15 is 0 Å². The van der Waals surface area contributed by atoms with Crippen LogP contribution in [-0.4, -0.2) is 28.3 Å². The van der Waals surface area contributed by atoms with E-state index in [0.717, 1.165) is 0 Å². The summed E-state index contributed by atoms with van der Waals surface area (Å²) in [4.78, 5) is 29.9. The zero-order valence-corrected chi connectivity index (χ0v) is 11.4. The molecule has 0 saturated carbocycles. The van der Waals surface area contributed by atoms with Gasteiger partial charge >= 0.3 is 11.6 Å². The number of aliphatic hydroxyl groups excluding tert-OH is 1. The van der Waals surface area contributed by atoms with Gasteiger partial charge in [0.25, 0.3) is 5.56 Å². The van der Waals surface area contributed by atoms with E-state index in [-0.39, 0.29) is 30.3 Å². The quantitative estimate of drug-likeness (QED) is 0.779. The summed E-state index contributed by atoms with van der Waals surface area (Å²) in [5.74, 6) is 5.32. The highest BCUT2D eigenvalue weighted by Gasteiger charge is 2.11. The van der Waals surface area contributed by atoms with E-state index in [1.807, 2.05) is 6.92 Å². The van der Waals surface area contributed by atoms with E-state index < -0.39 is 11.2 Å². The van der Waals surface area contributed by atoms with Crippen molar-refractivity contribution in [2.24, 2.45) is 0 Å². The number of aryl methyl sites for hydroxylation is 1. The van der Waals surface area contributed by atoms with Gasteiger partial charge in [-0.25, -0.2) is 4.79 Å². The van der Waals surface area contributed by atoms with Crippen molar-refractivity contribution in [3.8, 4) is 17.9 Å². The topological polar surface area (TPSA) is 105 Å². The molecular formula is C14H14N2O5. The molecule has 0 atom stereocenters. The molecule has 0 aromatic carbocycles. The number of rotatable bonds is 4. The maximum Gasteiger partial charge on any atom is 0.337 e. The molecule has 2 aromatic rings. The standard InChI is InChI=1S/C14H14N2O5/c1-2-9-8-10(18)21-13-11(9)12(19)15-14(16-13)20-7-5-3-4-6-17/h8,17H,2,4,6-7H2,1H3,(H,15,16,19). The molecule has 0 aliphatic carbocycles. The second kappa shape index (κ2) is 6.72. The summed E-state index contributed by atoms with van der Waals surface area (Å²) >= 11 is 0. The number of aromatic amines is 1. The van der Waals surface area contributed by atoms with E-state index in [1.54, 1.807) is 0 Å². The van der Waals surface area contributed by atoms with Crippen molar-refractivity contribution in [3.05, 3.63) is 32.4 Å². The van der Waals surface area contributed by atoms with Crippen LogP contribution in [0.4, 0.5) is 0 Å². The minimum absolute atomic E-state index is 0.00610. The summed E-state index contributed by atoms with van der Waals surface area (Å²) in [6.07, 6.45) is 0.861. The molecule has 110 valence electrons. The van der Waals surface area contributed by atoms with Gasteiger partial charge in [0.2, 0.25) is 5.71 Å². The molecule has 0 unspecified atom stereocenters. The second-order valence-electron chi connectivity index (χ2n) is 4.11. The summed E-state index contributed by atoms with van der Waals surface area (Å²) in [5, 5.41) is 8.81. The van der Waals surface area contributed by atoms with Crippen molar-refractivity contribution in [2.45, 2.75) is 19.8 Å². The Bertz CT molecular complexity index is 810. The minimum Gasteiger partial charge on any atom is -0.451 e. The van der Waals surface area contributed by atoms with Crippen molar-refractivity contribution in [3.63, 3.8) is 0 Å². The molecule has 2 rings (SSSR count). The normalized spacial score (nSPS) is 10.2. The van der Waals surface area contributed by atoms with Crippen molar-refractivity contribution < 1.29 is 14.3 Å². The van der Waals surface area contributed by atoms with Gasteiger partial charge in [0.05, 0.1) is 6.61 Å². The third-order valence-corrected chi connectivity index (χ3v) is 2.70. The Balaban J connectivity index is 2.35. The number of ether oxygens (including phenoxy) is 1. The largest absolute Gasteiger partial charge is 0.451 e. The molecule has 2 heterocycles. The van der Waals surface area contributed by atoms with Gasteiger partial charge < -0.3 is 14.3 Å². The average molecular weight is 290 g/mol. The Morgan fingerprint density at radius 1 is 1.43 bits per heavy atom. The molecule has 0 aliphatic heterocycles. The fraction of sp³-hybridized carbons (Fsp3) is 0.357. The van der Waals surface area contributed by atoms with Gasteiger partial charge in [-0.1, -0.05) is 18.8 Å². The average Bonchev–Trinajstić information content (AvgIpc) is 2.45. The number of nitrogens with one attached hydrogen (secondary N) is 1. The van der Waals surface area contributed by atoms with Crippen LogP contribution < -0.4 is 15.9 Å². The molecule has 0 amide bonds. The van der Waals surface area contributed by atoms with Crippen LogP contribution in [0.2, 0.25) is 0 Å². The summed E-state index contributed by atoms with van der Waals surface area (Å²) in [6.45, 7) is 1.81. The Hall–Kier alpha value is -2.59. The summed E-state index contributed by atoms with van der Waals surface area (Å²) in [5.41, 5.74) is -0.476. The van der Waals surface area contributed by atoms with Crippen LogP contribution >= 0.6 is 0 Å². The maximum atomic E-state index is 12.0. The molecular weight excluding hydrogens is 276 g/mol. The number of fused-ring (bicyclic) bond motifs is 1. The number of aliphatic hydroxyl groups is 1. The second-order valence-corrected chi connectivity index (χ2v) is 4.11. The first-order chi connectivity index (χ1) is 10.2.